The third-order valence-electron chi connectivity index (χ3n) is 3.97. The van der Waals surface area contributed by atoms with E-state index in [9.17, 15) is 9.90 Å². The first-order valence-electron chi connectivity index (χ1n) is 7.19. The van der Waals surface area contributed by atoms with Gasteiger partial charge >= 0.3 is 0 Å². The molecule has 1 aromatic heterocycles. The van der Waals surface area contributed by atoms with Gasteiger partial charge in [0.15, 0.2) is 0 Å². The van der Waals surface area contributed by atoms with Crippen molar-refractivity contribution in [2.45, 2.75) is 13.5 Å². The first-order chi connectivity index (χ1) is 10.2. The van der Waals surface area contributed by atoms with Crippen molar-refractivity contribution in [3.05, 3.63) is 35.9 Å². The molecule has 0 aliphatic carbocycles. The van der Waals surface area contributed by atoms with E-state index in [4.69, 9.17) is 4.98 Å². The minimum absolute atomic E-state index is 0.0277. The molecule has 3 rings (SSSR count). The molecule has 0 unspecified atom stereocenters. The van der Waals surface area contributed by atoms with Crippen LogP contribution in [0.3, 0.4) is 0 Å². The van der Waals surface area contributed by atoms with Gasteiger partial charge in [0.05, 0.1) is 12.1 Å². The number of pyridine rings is 1. The highest BCUT2D eigenvalue weighted by Gasteiger charge is 2.21. The fourth-order valence-corrected chi connectivity index (χ4v) is 2.77. The van der Waals surface area contributed by atoms with Gasteiger partial charge in [0.2, 0.25) is 5.91 Å². The molecule has 0 radical (unpaired) electrons. The second-order valence-electron chi connectivity index (χ2n) is 5.32. The lowest BCUT2D eigenvalue weighted by Crippen LogP contribution is -2.48. The van der Waals surface area contributed by atoms with E-state index >= 15 is 0 Å². The summed E-state index contributed by atoms with van der Waals surface area (Å²) in [5, 5.41) is 10.7. The average Bonchev–Trinajstić information content (AvgIpc) is 2.53. The van der Waals surface area contributed by atoms with E-state index in [-0.39, 0.29) is 12.5 Å². The Balaban J connectivity index is 1.91. The van der Waals surface area contributed by atoms with E-state index < -0.39 is 0 Å². The number of para-hydroxylation sites is 1. The third kappa shape index (κ3) is 2.69. The minimum Gasteiger partial charge on any atom is -0.392 e. The maximum absolute atomic E-state index is 11.4. The summed E-state index contributed by atoms with van der Waals surface area (Å²) in [6.07, 6.45) is 0. The zero-order chi connectivity index (χ0) is 14.8. The quantitative estimate of drug-likeness (QED) is 0.906. The summed E-state index contributed by atoms with van der Waals surface area (Å²) in [6, 6.07) is 9.90. The molecule has 2 aromatic rings. The molecule has 1 aromatic carbocycles. The summed E-state index contributed by atoms with van der Waals surface area (Å²) in [7, 11) is 0. The molecule has 0 saturated carbocycles. The highest BCUT2D eigenvalue weighted by molar-refractivity contribution is 5.82. The second-order valence-corrected chi connectivity index (χ2v) is 5.32. The van der Waals surface area contributed by atoms with Crippen molar-refractivity contribution >= 4 is 22.6 Å². The topological polar surface area (TPSA) is 56.7 Å². The van der Waals surface area contributed by atoms with Gasteiger partial charge in [-0.25, -0.2) is 4.98 Å². The number of hydrogen-bond acceptors (Lipinski definition) is 4. The van der Waals surface area contributed by atoms with Gasteiger partial charge in [-0.05, 0) is 12.1 Å². The van der Waals surface area contributed by atoms with Crippen molar-refractivity contribution in [1.29, 1.82) is 0 Å². The number of amides is 1. The largest absolute Gasteiger partial charge is 0.392 e. The first-order valence-corrected chi connectivity index (χ1v) is 7.19. The van der Waals surface area contributed by atoms with Crippen molar-refractivity contribution in [3.63, 3.8) is 0 Å². The van der Waals surface area contributed by atoms with Gasteiger partial charge in [-0.2, -0.15) is 0 Å². The van der Waals surface area contributed by atoms with E-state index in [0.29, 0.717) is 13.1 Å². The van der Waals surface area contributed by atoms with Crippen LogP contribution in [0, 0.1) is 0 Å². The maximum Gasteiger partial charge on any atom is 0.219 e. The Hall–Kier alpha value is -2.14. The van der Waals surface area contributed by atoms with Crippen LogP contribution in [0.5, 0.6) is 0 Å². The van der Waals surface area contributed by atoms with Crippen LogP contribution in [0.15, 0.2) is 30.3 Å². The molecule has 1 amide bonds. The van der Waals surface area contributed by atoms with E-state index in [0.717, 1.165) is 35.4 Å². The molecule has 110 valence electrons. The molecule has 1 aliphatic heterocycles. The van der Waals surface area contributed by atoms with Gasteiger partial charge in [0, 0.05) is 44.1 Å². The summed E-state index contributed by atoms with van der Waals surface area (Å²) in [6.45, 7) is 4.47. The zero-order valence-electron chi connectivity index (χ0n) is 12.1. The van der Waals surface area contributed by atoms with Crippen molar-refractivity contribution < 1.29 is 9.90 Å². The number of nitrogens with zero attached hydrogens (tertiary/aromatic N) is 3. The highest BCUT2D eigenvalue weighted by atomic mass is 16.3. The van der Waals surface area contributed by atoms with Crippen LogP contribution in [0.1, 0.15) is 12.5 Å². The predicted octanol–water partition coefficient (Wildman–Crippen LogP) is 1.40. The molecule has 0 spiro atoms. The number of rotatable bonds is 2. The normalized spacial score (nSPS) is 15.5. The monoisotopic (exact) mass is 285 g/mol. The molecule has 1 aliphatic rings. The van der Waals surface area contributed by atoms with Crippen LogP contribution >= 0.6 is 0 Å². The van der Waals surface area contributed by atoms with Crippen molar-refractivity contribution in [1.82, 2.24) is 9.88 Å². The van der Waals surface area contributed by atoms with Gasteiger partial charge in [-0.15, -0.1) is 0 Å². The van der Waals surface area contributed by atoms with Gasteiger partial charge in [0.25, 0.3) is 0 Å². The van der Waals surface area contributed by atoms with E-state index in [1.165, 1.54) is 0 Å². The summed E-state index contributed by atoms with van der Waals surface area (Å²) in [5.74, 6) is 0.947. The maximum atomic E-state index is 11.4. The Morgan fingerprint density at radius 1 is 1.24 bits per heavy atom. The molecule has 21 heavy (non-hydrogen) atoms. The molecule has 5 nitrogen and oxygen atoms in total. The van der Waals surface area contributed by atoms with Crippen LogP contribution in [-0.4, -0.2) is 47.1 Å². The number of aromatic nitrogens is 1. The Morgan fingerprint density at radius 3 is 2.62 bits per heavy atom. The van der Waals surface area contributed by atoms with Crippen molar-refractivity contribution in [3.8, 4) is 0 Å². The minimum atomic E-state index is -0.0277. The number of carbonyl (C=O) groups excluding carboxylic acids is 1. The smallest absolute Gasteiger partial charge is 0.219 e. The summed E-state index contributed by atoms with van der Waals surface area (Å²) >= 11 is 0. The van der Waals surface area contributed by atoms with E-state index in [2.05, 4.69) is 4.90 Å². The standard InChI is InChI=1S/C16H19N3O2/c1-12(21)18-6-8-19(9-7-18)16-14(11-20)10-13-4-2-3-5-15(13)17-16/h2-5,10,20H,6-9,11H2,1H3. The Labute approximate surface area is 123 Å². The lowest BCUT2D eigenvalue weighted by molar-refractivity contribution is -0.129. The second kappa shape index (κ2) is 5.69. The predicted molar refractivity (Wildman–Crippen MR) is 82.1 cm³/mol. The van der Waals surface area contributed by atoms with Gasteiger partial charge in [-0.3, -0.25) is 4.79 Å². The Kier molecular flexibility index (Phi) is 3.75. The molecule has 0 bridgehead atoms. The van der Waals surface area contributed by atoms with Crippen LogP contribution in [0.25, 0.3) is 10.9 Å². The summed E-state index contributed by atoms with van der Waals surface area (Å²) in [4.78, 5) is 20.1. The molecule has 2 heterocycles. The zero-order valence-corrected chi connectivity index (χ0v) is 12.1. The lowest BCUT2D eigenvalue weighted by atomic mass is 10.1. The molecule has 1 fully saturated rings. The molecule has 5 heteroatoms. The fourth-order valence-electron chi connectivity index (χ4n) is 2.77. The number of fused-ring (bicyclic) bond motifs is 1. The molecular weight excluding hydrogens is 266 g/mol. The summed E-state index contributed by atoms with van der Waals surface area (Å²) in [5.41, 5.74) is 1.77. The lowest BCUT2D eigenvalue weighted by Gasteiger charge is -2.35. The van der Waals surface area contributed by atoms with E-state index in [1.807, 2.05) is 35.2 Å². The third-order valence-corrected chi connectivity index (χ3v) is 3.97. The van der Waals surface area contributed by atoms with Crippen molar-refractivity contribution in [2.24, 2.45) is 0 Å². The number of aliphatic hydroxyl groups is 1. The van der Waals surface area contributed by atoms with Gasteiger partial charge < -0.3 is 14.9 Å². The van der Waals surface area contributed by atoms with Crippen molar-refractivity contribution in [2.75, 3.05) is 31.1 Å². The molecule has 1 saturated heterocycles. The average molecular weight is 285 g/mol. The highest BCUT2D eigenvalue weighted by Crippen LogP contribution is 2.24. The van der Waals surface area contributed by atoms with E-state index in [1.54, 1.807) is 6.92 Å². The molecule has 0 atom stereocenters. The first kappa shape index (κ1) is 13.8. The number of hydrogen-bond donors (Lipinski definition) is 1. The van der Waals surface area contributed by atoms with Crippen LogP contribution in [0.4, 0.5) is 5.82 Å². The summed E-state index contributed by atoms with van der Waals surface area (Å²) < 4.78 is 0. The number of aliphatic hydroxyl groups excluding tert-OH is 1. The van der Waals surface area contributed by atoms with Gasteiger partial charge in [0.1, 0.15) is 5.82 Å². The van der Waals surface area contributed by atoms with Crippen LogP contribution in [0.2, 0.25) is 0 Å². The Bertz CT molecular complexity index is 664. The van der Waals surface area contributed by atoms with Crippen LogP contribution in [-0.2, 0) is 11.4 Å². The number of piperazine rings is 1. The number of carbonyl (C=O) groups is 1. The molecule has 1 N–H and O–H groups in total. The number of benzene rings is 1. The fraction of sp³-hybridized carbons (Fsp3) is 0.375. The van der Waals surface area contributed by atoms with Gasteiger partial charge in [-0.1, -0.05) is 18.2 Å². The molecular formula is C16H19N3O2. The Morgan fingerprint density at radius 2 is 1.95 bits per heavy atom. The number of anilines is 1. The SMILES string of the molecule is CC(=O)N1CCN(c2nc3ccccc3cc2CO)CC1. The van der Waals surface area contributed by atoms with Crippen LogP contribution < -0.4 is 4.90 Å².